The van der Waals surface area contributed by atoms with Crippen molar-refractivity contribution in [2.24, 2.45) is 0 Å². The van der Waals surface area contributed by atoms with Gasteiger partial charge in [0.05, 0.1) is 12.7 Å². The topological polar surface area (TPSA) is 95.1 Å². The molecular weight excluding hydrogens is 210 g/mol. The third kappa shape index (κ3) is 4.12. The summed E-state index contributed by atoms with van der Waals surface area (Å²) in [6, 6.07) is 1.11. The zero-order valence-corrected chi connectivity index (χ0v) is 9.06. The van der Waals surface area contributed by atoms with Gasteiger partial charge in [0.1, 0.15) is 5.82 Å². The molecule has 3 N–H and O–H groups in total. The first kappa shape index (κ1) is 12.2. The highest BCUT2D eigenvalue weighted by Crippen LogP contribution is 2.08. The second-order valence-electron chi connectivity index (χ2n) is 3.52. The minimum Gasteiger partial charge on any atom is -0.481 e. The van der Waals surface area contributed by atoms with Gasteiger partial charge in [0.15, 0.2) is 0 Å². The molecule has 0 saturated carbocycles. The van der Waals surface area contributed by atoms with Crippen molar-refractivity contribution in [3.63, 3.8) is 0 Å². The van der Waals surface area contributed by atoms with Crippen LogP contribution in [0.3, 0.4) is 0 Å². The number of nitrogens with one attached hydrogen (secondary N) is 2. The van der Waals surface area contributed by atoms with Crippen molar-refractivity contribution in [2.45, 2.75) is 32.2 Å². The summed E-state index contributed by atoms with van der Waals surface area (Å²) >= 11 is 0. The summed E-state index contributed by atoms with van der Waals surface area (Å²) in [6.07, 6.45) is 2.89. The molecule has 0 saturated heterocycles. The Kier molecular flexibility index (Phi) is 4.50. The number of carboxylic acid groups (broad SMARTS) is 1. The molecule has 0 amide bonds. The van der Waals surface area contributed by atoms with Crippen molar-refractivity contribution in [3.05, 3.63) is 22.7 Å². The average Bonchev–Trinajstić information content (AvgIpc) is 2.16. The summed E-state index contributed by atoms with van der Waals surface area (Å²) < 4.78 is 0. The minimum atomic E-state index is -0.865. The smallest absolute Gasteiger partial charge is 0.305 e. The van der Waals surface area contributed by atoms with E-state index in [4.69, 9.17) is 5.11 Å². The summed E-state index contributed by atoms with van der Waals surface area (Å²) in [7, 11) is 0. The molecule has 0 fully saturated rings. The van der Waals surface area contributed by atoms with Crippen LogP contribution in [0.25, 0.3) is 0 Å². The Morgan fingerprint density at radius 3 is 3.00 bits per heavy atom. The molecule has 6 nitrogen and oxygen atoms in total. The van der Waals surface area contributed by atoms with Gasteiger partial charge in [-0.25, -0.2) is 4.98 Å². The van der Waals surface area contributed by atoms with Gasteiger partial charge in [0.2, 0.25) is 0 Å². The Labute approximate surface area is 92.7 Å². The largest absolute Gasteiger partial charge is 0.481 e. The number of rotatable bonds is 6. The first-order valence-electron chi connectivity index (χ1n) is 5.15. The number of hydrogen-bond donors (Lipinski definition) is 3. The summed E-state index contributed by atoms with van der Waals surface area (Å²) in [6.45, 7) is 1.97. The van der Waals surface area contributed by atoms with Gasteiger partial charge in [-0.1, -0.05) is 13.3 Å². The van der Waals surface area contributed by atoms with Crippen LogP contribution in [0, 0.1) is 0 Å². The average molecular weight is 225 g/mol. The number of carbonyl (C=O) groups is 1. The van der Waals surface area contributed by atoms with Crippen LogP contribution >= 0.6 is 0 Å². The fraction of sp³-hybridized carbons (Fsp3) is 0.500. The Balaban J connectivity index is 2.67. The van der Waals surface area contributed by atoms with E-state index >= 15 is 0 Å². The summed E-state index contributed by atoms with van der Waals surface area (Å²) in [4.78, 5) is 27.9. The van der Waals surface area contributed by atoms with Crippen LogP contribution in [-0.2, 0) is 4.79 Å². The molecule has 1 heterocycles. The number of carboxylic acids is 1. The van der Waals surface area contributed by atoms with Crippen molar-refractivity contribution < 1.29 is 9.90 Å². The lowest BCUT2D eigenvalue weighted by molar-refractivity contribution is -0.137. The fourth-order valence-corrected chi connectivity index (χ4v) is 1.44. The lowest BCUT2D eigenvalue weighted by atomic mass is 10.1. The lowest BCUT2D eigenvalue weighted by Crippen LogP contribution is -2.24. The van der Waals surface area contributed by atoms with Gasteiger partial charge in [-0.3, -0.25) is 9.59 Å². The first-order valence-corrected chi connectivity index (χ1v) is 5.15. The number of hydrogen-bond acceptors (Lipinski definition) is 4. The van der Waals surface area contributed by atoms with Crippen molar-refractivity contribution >= 4 is 11.8 Å². The highest BCUT2D eigenvalue weighted by molar-refractivity contribution is 5.68. The summed E-state index contributed by atoms with van der Waals surface area (Å²) in [5.74, 6) is -0.459. The molecule has 0 aliphatic rings. The van der Waals surface area contributed by atoms with Gasteiger partial charge >= 0.3 is 5.97 Å². The van der Waals surface area contributed by atoms with E-state index in [2.05, 4.69) is 15.3 Å². The van der Waals surface area contributed by atoms with E-state index < -0.39 is 5.97 Å². The molecule has 1 aromatic heterocycles. The van der Waals surface area contributed by atoms with Gasteiger partial charge in [-0.2, -0.15) is 0 Å². The number of aliphatic carboxylic acids is 1. The van der Waals surface area contributed by atoms with E-state index in [0.29, 0.717) is 5.82 Å². The number of H-pyrrole nitrogens is 1. The molecule has 88 valence electrons. The molecule has 0 bridgehead atoms. The molecular formula is C10H15N3O3. The summed E-state index contributed by atoms with van der Waals surface area (Å²) in [5.41, 5.74) is -0.261. The SMILES string of the molecule is CCCC(CC(=O)O)Nc1cc(=O)[nH]cn1. The molecule has 1 unspecified atom stereocenters. The first-order chi connectivity index (χ1) is 7.61. The Morgan fingerprint density at radius 1 is 1.69 bits per heavy atom. The van der Waals surface area contributed by atoms with Crippen LogP contribution in [0.5, 0.6) is 0 Å². The van der Waals surface area contributed by atoms with E-state index in [-0.39, 0.29) is 18.0 Å². The van der Waals surface area contributed by atoms with Crippen molar-refractivity contribution in [1.29, 1.82) is 0 Å². The zero-order valence-electron chi connectivity index (χ0n) is 9.06. The third-order valence-electron chi connectivity index (χ3n) is 2.09. The molecule has 0 radical (unpaired) electrons. The van der Waals surface area contributed by atoms with E-state index in [1.807, 2.05) is 6.92 Å². The predicted octanol–water partition coefficient (Wildman–Crippen LogP) is 0.825. The number of aromatic nitrogens is 2. The van der Waals surface area contributed by atoms with Crippen LogP contribution in [0.2, 0.25) is 0 Å². The minimum absolute atomic E-state index is 0.0162. The van der Waals surface area contributed by atoms with Crippen LogP contribution in [-0.4, -0.2) is 27.1 Å². The van der Waals surface area contributed by atoms with E-state index in [9.17, 15) is 9.59 Å². The normalized spacial score (nSPS) is 12.1. The highest BCUT2D eigenvalue weighted by Gasteiger charge is 2.12. The fourth-order valence-electron chi connectivity index (χ4n) is 1.44. The van der Waals surface area contributed by atoms with Crippen LogP contribution in [0.4, 0.5) is 5.82 Å². The molecule has 1 rings (SSSR count). The monoisotopic (exact) mass is 225 g/mol. The standard InChI is InChI=1S/C10H15N3O3/c1-2-3-7(4-10(15)16)13-8-5-9(14)12-6-11-8/h5-7H,2-4H2,1H3,(H,15,16)(H2,11,12,13,14). The molecule has 0 aliphatic carbocycles. The van der Waals surface area contributed by atoms with Crippen LogP contribution in [0.1, 0.15) is 26.2 Å². The van der Waals surface area contributed by atoms with E-state index in [1.165, 1.54) is 12.4 Å². The number of nitrogens with zero attached hydrogens (tertiary/aromatic N) is 1. The predicted molar refractivity (Wildman–Crippen MR) is 59.4 cm³/mol. The third-order valence-corrected chi connectivity index (χ3v) is 2.09. The Hall–Kier alpha value is -1.85. The summed E-state index contributed by atoms with van der Waals surface area (Å²) in [5, 5.41) is 11.7. The molecule has 0 spiro atoms. The van der Waals surface area contributed by atoms with Crippen LogP contribution in [0.15, 0.2) is 17.2 Å². The number of aromatic amines is 1. The van der Waals surface area contributed by atoms with Gasteiger partial charge in [-0.15, -0.1) is 0 Å². The Morgan fingerprint density at radius 2 is 2.44 bits per heavy atom. The van der Waals surface area contributed by atoms with Crippen molar-refractivity contribution in [2.75, 3.05) is 5.32 Å². The van der Waals surface area contributed by atoms with E-state index in [1.54, 1.807) is 0 Å². The Bertz CT molecular complexity index is 402. The maximum atomic E-state index is 11.0. The van der Waals surface area contributed by atoms with Gasteiger partial charge in [0.25, 0.3) is 5.56 Å². The highest BCUT2D eigenvalue weighted by atomic mass is 16.4. The molecule has 0 aromatic carbocycles. The molecule has 16 heavy (non-hydrogen) atoms. The second kappa shape index (κ2) is 5.89. The molecule has 6 heteroatoms. The van der Waals surface area contributed by atoms with Gasteiger partial charge in [-0.05, 0) is 6.42 Å². The van der Waals surface area contributed by atoms with Gasteiger partial charge in [0, 0.05) is 12.1 Å². The molecule has 0 aliphatic heterocycles. The molecule has 1 atom stereocenters. The van der Waals surface area contributed by atoms with Gasteiger partial charge < -0.3 is 15.4 Å². The van der Waals surface area contributed by atoms with E-state index in [0.717, 1.165) is 12.8 Å². The van der Waals surface area contributed by atoms with Crippen molar-refractivity contribution in [1.82, 2.24) is 9.97 Å². The van der Waals surface area contributed by atoms with Crippen molar-refractivity contribution in [3.8, 4) is 0 Å². The maximum absolute atomic E-state index is 11.0. The van der Waals surface area contributed by atoms with Crippen LogP contribution < -0.4 is 10.9 Å². The zero-order chi connectivity index (χ0) is 12.0. The second-order valence-corrected chi connectivity index (χ2v) is 3.52. The lowest BCUT2D eigenvalue weighted by Gasteiger charge is -2.15. The quantitative estimate of drug-likeness (QED) is 0.666. The number of anilines is 1. The molecule has 1 aromatic rings. The maximum Gasteiger partial charge on any atom is 0.305 e.